The highest BCUT2D eigenvalue weighted by Crippen LogP contribution is 2.10. The molecule has 0 aliphatic carbocycles. The number of carbonyl (C=O) groups is 1. The molecule has 4 nitrogen and oxygen atoms in total. The van der Waals surface area contributed by atoms with Crippen molar-refractivity contribution in [3.63, 3.8) is 0 Å². The van der Waals surface area contributed by atoms with Gasteiger partial charge >= 0.3 is 5.97 Å². The molecule has 70 valence electrons. The molecule has 0 saturated carbocycles. The summed E-state index contributed by atoms with van der Waals surface area (Å²) in [5.74, 6) is -0.924. The summed E-state index contributed by atoms with van der Waals surface area (Å²) in [5.41, 5.74) is 2.71. The maximum Gasteiger partial charge on any atom is 0.320 e. The number of aliphatic carboxylic acids is 1. The molecule has 0 radical (unpaired) electrons. The van der Waals surface area contributed by atoms with Crippen LogP contribution in [-0.4, -0.2) is 22.2 Å². The van der Waals surface area contributed by atoms with Crippen molar-refractivity contribution in [3.8, 4) is 5.75 Å². The molecule has 0 aromatic heterocycles. The van der Waals surface area contributed by atoms with Gasteiger partial charge in [0.25, 0.3) is 0 Å². The van der Waals surface area contributed by atoms with Gasteiger partial charge in [-0.1, -0.05) is 12.1 Å². The summed E-state index contributed by atoms with van der Waals surface area (Å²) in [7, 11) is 0. The third-order valence-electron chi connectivity index (χ3n) is 1.67. The second-order valence-corrected chi connectivity index (χ2v) is 2.76. The van der Waals surface area contributed by atoms with Crippen LogP contribution in [0.3, 0.4) is 0 Å². The van der Waals surface area contributed by atoms with Crippen LogP contribution in [0.1, 0.15) is 5.56 Å². The Morgan fingerprint density at radius 1 is 1.54 bits per heavy atom. The lowest BCUT2D eigenvalue weighted by molar-refractivity contribution is -0.138. The third kappa shape index (κ3) is 2.76. The zero-order valence-electron chi connectivity index (χ0n) is 7.90. The maximum absolute atomic E-state index is 10.6. The summed E-state index contributed by atoms with van der Waals surface area (Å²) in [6, 6.07) is 5.31. The Hall–Kier alpha value is -1.55. The zero-order valence-corrected chi connectivity index (χ0v) is 6.90. The van der Waals surface area contributed by atoms with Gasteiger partial charge in [-0.2, -0.15) is 0 Å². The molecule has 1 aromatic carbocycles. The van der Waals surface area contributed by atoms with Gasteiger partial charge < -0.3 is 15.9 Å². The number of phenolic OH excluding ortho intramolecular Hbond substituents is 1. The molecule has 0 aliphatic rings. The second-order valence-electron chi connectivity index (χ2n) is 2.76. The van der Waals surface area contributed by atoms with E-state index in [9.17, 15) is 4.79 Å². The minimum Gasteiger partial charge on any atom is -0.508 e. The molecule has 0 spiro atoms. The van der Waals surface area contributed by atoms with Crippen molar-refractivity contribution in [2.45, 2.75) is 12.5 Å². The van der Waals surface area contributed by atoms with Crippen LogP contribution < -0.4 is 5.73 Å². The van der Waals surface area contributed by atoms with Crippen LogP contribution in [0.4, 0.5) is 0 Å². The number of rotatable bonds is 4. The first kappa shape index (κ1) is 8.07. The largest absolute Gasteiger partial charge is 0.508 e. The Balaban J connectivity index is 2.67. The number of hydrogen-bond acceptors (Lipinski definition) is 3. The van der Waals surface area contributed by atoms with E-state index < -0.39 is 12.0 Å². The lowest BCUT2D eigenvalue weighted by Crippen LogP contribution is -2.32. The zero-order chi connectivity index (χ0) is 10.6. The van der Waals surface area contributed by atoms with Crippen molar-refractivity contribution < 1.29 is 16.4 Å². The van der Waals surface area contributed by atoms with Gasteiger partial charge in [0.2, 0.25) is 0 Å². The number of phenols is 1. The van der Waals surface area contributed by atoms with Gasteiger partial charge in [0.05, 0.1) is 0 Å². The Morgan fingerprint density at radius 2 is 2.15 bits per heavy atom. The van der Waals surface area contributed by atoms with Crippen molar-refractivity contribution in [2.75, 3.05) is 0 Å². The highest BCUT2D eigenvalue weighted by atomic mass is 16.4. The summed E-state index contributed by atoms with van der Waals surface area (Å²) < 4.78 is 6.80. The normalized spacial score (nSPS) is 13.4. The van der Waals surface area contributed by atoms with E-state index in [2.05, 4.69) is 0 Å². The fraction of sp³-hybridized carbons (Fsp3) is 0.222. The quantitative estimate of drug-likeness (QED) is 0.628. The number of nitrogens with two attached hydrogens (primary N) is 1. The lowest BCUT2D eigenvalue weighted by atomic mass is 10.1. The first-order chi connectivity index (χ1) is 6.63. The van der Waals surface area contributed by atoms with E-state index in [0.717, 1.165) is 5.56 Å². The monoisotopic (exact) mass is 183 g/mol. The van der Waals surface area contributed by atoms with Gasteiger partial charge in [-0.15, -0.1) is 0 Å². The molecule has 0 amide bonds. The van der Waals surface area contributed by atoms with Gasteiger partial charge in [0.1, 0.15) is 13.2 Å². The molecule has 0 unspecified atom stereocenters. The fourth-order valence-electron chi connectivity index (χ4n) is 0.955. The summed E-state index contributed by atoms with van der Waals surface area (Å²) in [4.78, 5) is 10.6. The maximum atomic E-state index is 10.6. The third-order valence-corrected chi connectivity index (χ3v) is 1.67. The predicted molar refractivity (Wildman–Crippen MR) is 47.4 cm³/mol. The average molecular weight is 183 g/mol. The first-order valence-electron chi connectivity index (χ1n) is 4.31. The Labute approximate surface area is 77.1 Å². The highest BCUT2D eigenvalue weighted by molar-refractivity contribution is 5.73. The number of carboxylic acid groups (broad SMARTS) is 1. The minimum absolute atomic E-state index is 0.138. The van der Waals surface area contributed by atoms with Gasteiger partial charge in [0, 0.05) is 0 Å². The molecule has 1 aromatic rings. The van der Waals surface area contributed by atoms with Crippen molar-refractivity contribution in [3.05, 3.63) is 29.8 Å². The molecule has 0 heterocycles. The van der Waals surface area contributed by atoms with Gasteiger partial charge in [0.15, 0.2) is 0 Å². The van der Waals surface area contributed by atoms with E-state index in [0.29, 0.717) is 0 Å². The topological polar surface area (TPSA) is 83.5 Å². The fourth-order valence-corrected chi connectivity index (χ4v) is 0.955. The Bertz CT molecular complexity index is 312. The van der Waals surface area contributed by atoms with E-state index in [1.165, 1.54) is 12.1 Å². The van der Waals surface area contributed by atoms with E-state index in [1.807, 2.05) is 5.73 Å². The molecule has 0 bridgehead atoms. The van der Waals surface area contributed by atoms with E-state index in [-0.39, 0.29) is 12.2 Å². The molecule has 4 N–H and O–H groups in total. The van der Waals surface area contributed by atoms with Crippen LogP contribution >= 0.6 is 0 Å². The van der Waals surface area contributed by atoms with Gasteiger partial charge in [-0.05, 0) is 24.1 Å². The summed E-state index contributed by atoms with van der Waals surface area (Å²) in [6.45, 7) is 0. The standard InChI is InChI=1S/C9H11NO3/c10-8(9(12)13)5-6-1-3-7(11)4-2-6/h1-4,8,11H,5,10H2,(H,12,13)/t8-/m0/s1/i/hT. The number of hydrogen-bond donors (Lipinski definition) is 3. The molecule has 1 atom stereocenters. The Morgan fingerprint density at radius 3 is 2.62 bits per heavy atom. The second kappa shape index (κ2) is 3.91. The number of aromatic hydroxyl groups is 1. The molecule has 0 fully saturated rings. The lowest BCUT2D eigenvalue weighted by Gasteiger charge is -2.05. The summed E-state index contributed by atoms with van der Waals surface area (Å²) in [5, 5.41) is 17.6. The van der Waals surface area contributed by atoms with Crippen molar-refractivity contribution >= 4 is 5.97 Å². The van der Waals surface area contributed by atoms with E-state index in [1.54, 1.807) is 12.1 Å². The predicted octanol–water partition coefficient (Wildman–Crippen LogP) is 0.347. The SMILES string of the molecule is [3H]N[C@@H](Cc1ccc(O)cc1)C(=O)O. The molecular formula is C9H11NO3. The summed E-state index contributed by atoms with van der Waals surface area (Å²) >= 11 is 0. The first-order valence-corrected chi connectivity index (χ1v) is 3.81. The van der Waals surface area contributed by atoms with Crippen LogP contribution in [0, 0.1) is 0 Å². The molecular weight excluding hydrogens is 170 g/mol. The molecule has 1 rings (SSSR count). The van der Waals surface area contributed by atoms with E-state index >= 15 is 0 Å². The average Bonchev–Trinajstić information content (AvgIpc) is 2.16. The highest BCUT2D eigenvalue weighted by Gasteiger charge is 2.11. The van der Waals surface area contributed by atoms with Crippen molar-refractivity contribution in [2.24, 2.45) is 5.73 Å². The van der Waals surface area contributed by atoms with Crippen LogP contribution in [0.2, 0.25) is 1.41 Å². The smallest absolute Gasteiger partial charge is 0.320 e. The van der Waals surface area contributed by atoms with Crippen LogP contribution in [-0.2, 0) is 11.2 Å². The van der Waals surface area contributed by atoms with Gasteiger partial charge in [-0.3, -0.25) is 4.79 Å². The Kier molecular flexibility index (Phi) is 2.43. The van der Waals surface area contributed by atoms with Crippen LogP contribution in [0.25, 0.3) is 0 Å². The molecule has 4 heteroatoms. The van der Waals surface area contributed by atoms with Gasteiger partial charge in [-0.25, -0.2) is 0 Å². The number of benzene rings is 1. The summed E-state index contributed by atoms with van der Waals surface area (Å²) in [6.07, 6.45) is 0.221. The van der Waals surface area contributed by atoms with Crippen molar-refractivity contribution in [1.29, 1.82) is 0 Å². The van der Waals surface area contributed by atoms with Crippen molar-refractivity contribution in [1.82, 2.24) is 0 Å². The van der Waals surface area contributed by atoms with E-state index in [4.69, 9.17) is 11.6 Å². The molecule has 0 saturated heterocycles. The minimum atomic E-state index is -1.06. The molecule has 0 aliphatic heterocycles. The van der Waals surface area contributed by atoms with Crippen LogP contribution in [0.15, 0.2) is 24.3 Å². The molecule has 13 heavy (non-hydrogen) atoms. The number of carboxylic acids is 1. The van der Waals surface area contributed by atoms with Crippen LogP contribution in [0.5, 0.6) is 5.75 Å².